The van der Waals surface area contributed by atoms with Crippen molar-refractivity contribution in [1.29, 1.82) is 0 Å². The molecule has 1 fully saturated rings. The van der Waals surface area contributed by atoms with Gasteiger partial charge in [0.25, 0.3) is 0 Å². The van der Waals surface area contributed by atoms with Gasteiger partial charge in [-0.3, -0.25) is 4.98 Å². The van der Waals surface area contributed by atoms with Crippen molar-refractivity contribution in [2.24, 2.45) is 0 Å². The van der Waals surface area contributed by atoms with E-state index in [0.29, 0.717) is 25.4 Å². The minimum Gasteiger partial charge on any atom is -0.508 e. The smallest absolute Gasteiger partial charge is 0.409 e. The average molecular weight is 364 g/mol. The van der Waals surface area contributed by atoms with Gasteiger partial charge in [0.05, 0.1) is 12.3 Å². The number of amides is 1. The molecule has 0 atom stereocenters. The Balaban J connectivity index is 1.76. The zero-order valence-corrected chi connectivity index (χ0v) is 15.6. The Morgan fingerprint density at radius 2 is 1.93 bits per heavy atom. The molecule has 0 unspecified atom stereocenters. The van der Waals surface area contributed by atoms with Crippen LogP contribution in [0.4, 0.5) is 4.79 Å². The number of hydrogen-bond acceptors (Lipinski definition) is 4. The number of aryl methyl sites for hydroxylation is 2. The monoisotopic (exact) mass is 364 g/mol. The summed E-state index contributed by atoms with van der Waals surface area (Å²) >= 11 is 0. The van der Waals surface area contributed by atoms with Crippen LogP contribution in [0.15, 0.2) is 42.1 Å². The maximum atomic E-state index is 12.0. The third-order valence-electron chi connectivity index (χ3n) is 5.40. The molecule has 0 radical (unpaired) electrons. The number of rotatable bonds is 1. The molecule has 1 amide bonds. The Kier molecular flexibility index (Phi) is 4.84. The van der Waals surface area contributed by atoms with Crippen LogP contribution < -0.4 is 0 Å². The molecule has 2 aromatic rings. The molecule has 0 saturated carbocycles. The quantitative estimate of drug-likeness (QED) is 0.832. The van der Waals surface area contributed by atoms with Crippen molar-refractivity contribution in [3.05, 3.63) is 64.5 Å². The molecular formula is C22H24N2O3. The molecule has 27 heavy (non-hydrogen) atoms. The van der Waals surface area contributed by atoms with Gasteiger partial charge in [0.15, 0.2) is 0 Å². The van der Waals surface area contributed by atoms with Crippen molar-refractivity contribution in [2.45, 2.75) is 32.6 Å². The Morgan fingerprint density at radius 3 is 2.70 bits per heavy atom. The summed E-state index contributed by atoms with van der Waals surface area (Å²) in [6, 6.07) is 9.76. The first-order chi connectivity index (χ1) is 13.2. The highest BCUT2D eigenvalue weighted by Crippen LogP contribution is 2.38. The zero-order chi connectivity index (χ0) is 18.8. The normalized spacial score (nSPS) is 16.4. The van der Waals surface area contributed by atoms with Crippen LogP contribution in [0.1, 0.15) is 42.1 Å². The fraction of sp³-hybridized carbons (Fsp3) is 0.364. The molecule has 2 aliphatic rings. The summed E-state index contributed by atoms with van der Waals surface area (Å²) in [7, 11) is 0. The highest BCUT2D eigenvalue weighted by atomic mass is 16.6. The topological polar surface area (TPSA) is 62.7 Å². The van der Waals surface area contributed by atoms with Crippen molar-refractivity contribution in [2.75, 3.05) is 19.7 Å². The number of pyridine rings is 1. The van der Waals surface area contributed by atoms with Crippen LogP contribution in [0.3, 0.4) is 0 Å². The molecule has 4 rings (SSSR count). The maximum absolute atomic E-state index is 12.0. The van der Waals surface area contributed by atoms with E-state index in [1.807, 2.05) is 31.3 Å². The second-order valence-corrected chi connectivity index (χ2v) is 7.02. The number of phenolic OH excluding ortho intramolecular Hbond substituents is 1. The van der Waals surface area contributed by atoms with Gasteiger partial charge in [-0.25, -0.2) is 4.79 Å². The number of benzene rings is 1. The molecule has 5 heteroatoms. The molecular weight excluding hydrogens is 340 g/mol. The summed E-state index contributed by atoms with van der Waals surface area (Å²) in [5.41, 5.74) is 7.10. The van der Waals surface area contributed by atoms with Gasteiger partial charge in [0, 0.05) is 24.9 Å². The molecule has 1 N–H and O–H groups in total. The number of aromatic hydroxyl groups is 1. The van der Waals surface area contributed by atoms with E-state index < -0.39 is 0 Å². The van der Waals surface area contributed by atoms with E-state index in [9.17, 15) is 9.90 Å². The Labute approximate surface area is 159 Å². The number of ether oxygens (including phenoxy) is 1. The SMILES string of the molecule is CCOC(=O)N1CCC(=C2c3ccc(O)cc3CCc3cccnc32)CC1. The maximum Gasteiger partial charge on any atom is 0.409 e. The number of carbonyl (C=O) groups excluding carboxylic acids is 1. The molecule has 1 aliphatic heterocycles. The first kappa shape index (κ1) is 17.6. The predicted molar refractivity (Wildman–Crippen MR) is 104 cm³/mol. The van der Waals surface area contributed by atoms with Gasteiger partial charge in [0.2, 0.25) is 0 Å². The Bertz CT molecular complexity index is 894. The highest BCUT2D eigenvalue weighted by Gasteiger charge is 2.26. The third-order valence-corrected chi connectivity index (χ3v) is 5.40. The zero-order valence-electron chi connectivity index (χ0n) is 15.6. The van der Waals surface area contributed by atoms with E-state index in [2.05, 4.69) is 6.07 Å². The first-order valence-electron chi connectivity index (χ1n) is 9.57. The van der Waals surface area contributed by atoms with Crippen molar-refractivity contribution in [1.82, 2.24) is 9.88 Å². The number of carbonyl (C=O) groups is 1. The van der Waals surface area contributed by atoms with Crippen LogP contribution >= 0.6 is 0 Å². The van der Waals surface area contributed by atoms with E-state index in [-0.39, 0.29) is 6.09 Å². The van der Waals surface area contributed by atoms with E-state index in [0.717, 1.165) is 42.5 Å². The molecule has 0 bridgehead atoms. The van der Waals surface area contributed by atoms with Crippen molar-refractivity contribution in [3.63, 3.8) is 0 Å². The molecule has 0 spiro atoms. The number of fused-ring (bicyclic) bond motifs is 2. The van der Waals surface area contributed by atoms with E-state index in [4.69, 9.17) is 9.72 Å². The van der Waals surface area contributed by atoms with Crippen molar-refractivity contribution >= 4 is 11.7 Å². The molecule has 1 aliphatic carbocycles. The minimum absolute atomic E-state index is 0.230. The van der Waals surface area contributed by atoms with Crippen molar-refractivity contribution < 1.29 is 14.6 Å². The third kappa shape index (κ3) is 3.42. The molecule has 1 saturated heterocycles. The minimum atomic E-state index is -0.230. The van der Waals surface area contributed by atoms with Gasteiger partial charge in [-0.2, -0.15) is 0 Å². The van der Waals surface area contributed by atoms with Crippen LogP contribution in [0.2, 0.25) is 0 Å². The summed E-state index contributed by atoms with van der Waals surface area (Å²) in [5, 5.41) is 9.95. The van der Waals surface area contributed by atoms with Gasteiger partial charge >= 0.3 is 6.09 Å². The number of aromatic nitrogens is 1. The first-order valence-corrected chi connectivity index (χ1v) is 9.57. The number of piperidine rings is 1. The summed E-state index contributed by atoms with van der Waals surface area (Å²) in [4.78, 5) is 18.5. The molecule has 5 nitrogen and oxygen atoms in total. The predicted octanol–water partition coefficient (Wildman–Crippen LogP) is 3.94. The Hall–Kier alpha value is -2.82. The van der Waals surface area contributed by atoms with Gasteiger partial charge in [-0.15, -0.1) is 0 Å². The fourth-order valence-electron chi connectivity index (χ4n) is 4.08. The summed E-state index contributed by atoms with van der Waals surface area (Å²) in [6.45, 7) is 3.55. The van der Waals surface area contributed by atoms with Gasteiger partial charge in [-0.1, -0.05) is 17.7 Å². The van der Waals surface area contributed by atoms with E-state index in [1.165, 1.54) is 16.7 Å². The van der Waals surface area contributed by atoms with E-state index >= 15 is 0 Å². The lowest BCUT2D eigenvalue weighted by atomic mass is 9.88. The van der Waals surface area contributed by atoms with Gasteiger partial charge in [-0.05, 0) is 67.5 Å². The molecule has 2 heterocycles. The number of nitrogens with zero attached hydrogens (tertiary/aromatic N) is 2. The highest BCUT2D eigenvalue weighted by molar-refractivity contribution is 5.85. The average Bonchev–Trinajstić information content (AvgIpc) is 2.85. The van der Waals surface area contributed by atoms with E-state index in [1.54, 1.807) is 11.0 Å². The summed E-state index contributed by atoms with van der Waals surface area (Å²) < 4.78 is 5.14. The number of hydrogen-bond donors (Lipinski definition) is 1. The largest absolute Gasteiger partial charge is 0.508 e. The van der Waals surface area contributed by atoms with Gasteiger partial charge < -0.3 is 14.7 Å². The second kappa shape index (κ2) is 7.43. The standard InChI is InChI=1S/C22H24N2O3/c1-2-27-22(26)24-12-9-15(10-13-24)20-19-8-7-18(25)14-17(19)6-5-16-4-3-11-23-21(16)20/h3-4,7-8,11,14,25H,2,5-6,9-10,12-13H2,1H3. The number of phenols is 1. The number of likely N-dealkylation sites (tertiary alicyclic amines) is 1. The van der Waals surface area contributed by atoms with Crippen molar-refractivity contribution in [3.8, 4) is 5.75 Å². The lowest BCUT2D eigenvalue weighted by Gasteiger charge is -2.29. The van der Waals surface area contributed by atoms with Gasteiger partial charge in [0.1, 0.15) is 5.75 Å². The van der Waals surface area contributed by atoms with Crippen LogP contribution in [0.5, 0.6) is 5.75 Å². The molecule has 1 aromatic heterocycles. The summed E-state index contributed by atoms with van der Waals surface area (Å²) in [5.74, 6) is 0.300. The van der Waals surface area contributed by atoms with Crippen LogP contribution in [0.25, 0.3) is 5.57 Å². The van der Waals surface area contributed by atoms with Crippen LogP contribution in [-0.2, 0) is 17.6 Å². The van der Waals surface area contributed by atoms with Crippen LogP contribution in [-0.4, -0.2) is 40.8 Å². The summed E-state index contributed by atoms with van der Waals surface area (Å²) in [6.07, 6.45) is 5.03. The lowest BCUT2D eigenvalue weighted by molar-refractivity contribution is 0.104. The molecule has 140 valence electrons. The lowest BCUT2D eigenvalue weighted by Crippen LogP contribution is -2.37. The molecule has 1 aromatic carbocycles. The van der Waals surface area contributed by atoms with Crippen LogP contribution in [0, 0.1) is 0 Å². The Morgan fingerprint density at radius 1 is 1.15 bits per heavy atom. The fourth-order valence-corrected chi connectivity index (χ4v) is 4.08. The second-order valence-electron chi connectivity index (χ2n) is 7.02.